The standard InChI is InChI=1S/C13H20N2O2/c1-9(2)6-7-15-13(16)11-5-4-10(17-3)8-12(11)14/h4-5,8-9H,6-7,14H2,1-3H3,(H,15,16). The maximum Gasteiger partial charge on any atom is 0.253 e. The van der Waals surface area contributed by atoms with Gasteiger partial charge in [-0.3, -0.25) is 4.79 Å². The number of rotatable bonds is 5. The first-order valence-corrected chi connectivity index (χ1v) is 5.76. The molecule has 0 radical (unpaired) electrons. The molecule has 0 spiro atoms. The molecule has 0 saturated heterocycles. The molecule has 0 aliphatic heterocycles. The van der Waals surface area contributed by atoms with E-state index in [4.69, 9.17) is 10.5 Å². The molecule has 1 aromatic rings. The number of nitrogens with one attached hydrogen (secondary N) is 1. The Morgan fingerprint density at radius 2 is 2.18 bits per heavy atom. The van der Waals surface area contributed by atoms with Gasteiger partial charge in [0.15, 0.2) is 0 Å². The van der Waals surface area contributed by atoms with E-state index in [0.717, 1.165) is 6.42 Å². The molecule has 94 valence electrons. The SMILES string of the molecule is COc1ccc(C(=O)NCCC(C)C)c(N)c1. The van der Waals surface area contributed by atoms with Gasteiger partial charge in [-0.2, -0.15) is 0 Å². The molecule has 0 bridgehead atoms. The third-order valence-electron chi connectivity index (χ3n) is 2.51. The lowest BCUT2D eigenvalue weighted by atomic mass is 10.1. The average Bonchev–Trinajstić information content (AvgIpc) is 2.28. The molecule has 4 nitrogen and oxygen atoms in total. The van der Waals surface area contributed by atoms with Crippen LogP contribution in [0.2, 0.25) is 0 Å². The quantitative estimate of drug-likeness (QED) is 0.769. The monoisotopic (exact) mass is 236 g/mol. The van der Waals surface area contributed by atoms with Crippen LogP contribution in [0.25, 0.3) is 0 Å². The van der Waals surface area contributed by atoms with Gasteiger partial charge in [0.1, 0.15) is 5.75 Å². The summed E-state index contributed by atoms with van der Waals surface area (Å²) in [5, 5.41) is 2.85. The van der Waals surface area contributed by atoms with Gasteiger partial charge < -0.3 is 15.8 Å². The minimum atomic E-state index is -0.134. The Labute approximate surface area is 102 Å². The first-order chi connectivity index (χ1) is 8.04. The maximum atomic E-state index is 11.8. The second kappa shape index (κ2) is 6.13. The van der Waals surface area contributed by atoms with Crippen molar-refractivity contribution in [3.8, 4) is 5.75 Å². The number of hydrogen-bond donors (Lipinski definition) is 2. The lowest BCUT2D eigenvalue weighted by molar-refractivity contribution is 0.0953. The first kappa shape index (κ1) is 13.4. The van der Waals surface area contributed by atoms with Gasteiger partial charge in [-0.15, -0.1) is 0 Å². The van der Waals surface area contributed by atoms with E-state index in [-0.39, 0.29) is 5.91 Å². The average molecular weight is 236 g/mol. The predicted octanol–water partition coefficient (Wildman–Crippen LogP) is 2.05. The number of methoxy groups -OCH3 is 1. The normalized spacial score (nSPS) is 10.4. The maximum absolute atomic E-state index is 11.8. The minimum absolute atomic E-state index is 0.134. The minimum Gasteiger partial charge on any atom is -0.497 e. The number of ether oxygens (including phenoxy) is 1. The van der Waals surface area contributed by atoms with Crippen LogP contribution in [0.4, 0.5) is 5.69 Å². The molecule has 17 heavy (non-hydrogen) atoms. The molecule has 0 aliphatic rings. The summed E-state index contributed by atoms with van der Waals surface area (Å²) in [6.07, 6.45) is 0.960. The zero-order chi connectivity index (χ0) is 12.8. The van der Waals surface area contributed by atoms with E-state index in [0.29, 0.717) is 29.5 Å². The van der Waals surface area contributed by atoms with Crippen molar-refractivity contribution in [3.05, 3.63) is 23.8 Å². The lowest BCUT2D eigenvalue weighted by Gasteiger charge is -2.09. The van der Waals surface area contributed by atoms with E-state index in [1.807, 2.05) is 0 Å². The number of anilines is 1. The Hall–Kier alpha value is -1.71. The van der Waals surface area contributed by atoms with Crippen LogP contribution in [0.15, 0.2) is 18.2 Å². The fourth-order valence-electron chi connectivity index (χ4n) is 1.44. The number of carbonyl (C=O) groups is 1. The van der Waals surface area contributed by atoms with Crippen LogP contribution in [0.1, 0.15) is 30.6 Å². The topological polar surface area (TPSA) is 64.3 Å². The zero-order valence-corrected chi connectivity index (χ0v) is 10.6. The van der Waals surface area contributed by atoms with Crippen LogP contribution in [0.5, 0.6) is 5.75 Å². The highest BCUT2D eigenvalue weighted by Gasteiger charge is 2.09. The second-order valence-electron chi connectivity index (χ2n) is 4.39. The molecule has 0 aliphatic carbocycles. The van der Waals surface area contributed by atoms with Crippen molar-refractivity contribution in [1.82, 2.24) is 5.32 Å². The number of benzene rings is 1. The van der Waals surface area contributed by atoms with Gasteiger partial charge in [-0.25, -0.2) is 0 Å². The Morgan fingerprint density at radius 3 is 2.71 bits per heavy atom. The van der Waals surface area contributed by atoms with Crippen LogP contribution in [-0.2, 0) is 0 Å². The van der Waals surface area contributed by atoms with E-state index in [1.54, 1.807) is 25.3 Å². The summed E-state index contributed by atoms with van der Waals surface area (Å²) in [5.41, 5.74) is 6.72. The summed E-state index contributed by atoms with van der Waals surface area (Å²) in [7, 11) is 1.57. The van der Waals surface area contributed by atoms with Gasteiger partial charge >= 0.3 is 0 Å². The number of nitrogen functional groups attached to an aromatic ring is 1. The van der Waals surface area contributed by atoms with Crippen LogP contribution in [-0.4, -0.2) is 19.6 Å². The lowest BCUT2D eigenvalue weighted by Crippen LogP contribution is -2.26. The predicted molar refractivity (Wildman–Crippen MR) is 69.2 cm³/mol. The van der Waals surface area contributed by atoms with Gasteiger partial charge in [0.2, 0.25) is 0 Å². The summed E-state index contributed by atoms with van der Waals surface area (Å²) in [4.78, 5) is 11.8. The van der Waals surface area contributed by atoms with Crippen molar-refractivity contribution in [2.75, 3.05) is 19.4 Å². The third kappa shape index (κ3) is 3.98. The Kier molecular flexibility index (Phi) is 4.82. The van der Waals surface area contributed by atoms with Crippen molar-refractivity contribution >= 4 is 11.6 Å². The molecule has 3 N–H and O–H groups in total. The van der Waals surface area contributed by atoms with E-state index in [9.17, 15) is 4.79 Å². The summed E-state index contributed by atoms with van der Waals surface area (Å²) >= 11 is 0. The summed E-state index contributed by atoms with van der Waals surface area (Å²) in [5.74, 6) is 1.09. The Morgan fingerprint density at radius 1 is 1.47 bits per heavy atom. The van der Waals surface area contributed by atoms with E-state index < -0.39 is 0 Å². The number of amides is 1. The third-order valence-corrected chi connectivity index (χ3v) is 2.51. The van der Waals surface area contributed by atoms with Crippen LogP contribution < -0.4 is 15.8 Å². The van der Waals surface area contributed by atoms with Crippen molar-refractivity contribution in [3.63, 3.8) is 0 Å². The molecule has 0 atom stereocenters. The number of nitrogens with two attached hydrogens (primary N) is 1. The van der Waals surface area contributed by atoms with Gasteiger partial charge in [-0.1, -0.05) is 13.8 Å². The molecule has 1 rings (SSSR count). The van der Waals surface area contributed by atoms with Gasteiger partial charge in [-0.05, 0) is 24.5 Å². The molecule has 4 heteroatoms. The summed E-state index contributed by atoms with van der Waals surface area (Å²) < 4.78 is 5.03. The molecule has 0 aromatic heterocycles. The molecule has 0 saturated carbocycles. The van der Waals surface area contributed by atoms with Gasteiger partial charge in [0.25, 0.3) is 5.91 Å². The largest absolute Gasteiger partial charge is 0.497 e. The molecular formula is C13H20N2O2. The first-order valence-electron chi connectivity index (χ1n) is 5.76. The van der Waals surface area contributed by atoms with E-state index in [2.05, 4.69) is 19.2 Å². The van der Waals surface area contributed by atoms with Crippen LogP contribution in [0, 0.1) is 5.92 Å². The number of carbonyl (C=O) groups excluding carboxylic acids is 1. The van der Waals surface area contributed by atoms with Crippen molar-refractivity contribution in [2.45, 2.75) is 20.3 Å². The van der Waals surface area contributed by atoms with Crippen molar-refractivity contribution < 1.29 is 9.53 Å². The summed E-state index contributed by atoms with van der Waals surface area (Å²) in [6.45, 7) is 4.91. The fraction of sp³-hybridized carbons (Fsp3) is 0.462. The van der Waals surface area contributed by atoms with E-state index >= 15 is 0 Å². The zero-order valence-electron chi connectivity index (χ0n) is 10.6. The van der Waals surface area contributed by atoms with Gasteiger partial charge in [0.05, 0.1) is 12.7 Å². The van der Waals surface area contributed by atoms with Crippen molar-refractivity contribution in [2.24, 2.45) is 5.92 Å². The highest BCUT2D eigenvalue weighted by atomic mass is 16.5. The Bertz CT molecular complexity index is 389. The second-order valence-corrected chi connectivity index (χ2v) is 4.39. The highest BCUT2D eigenvalue weighted by Crippen LogP contribution is 2.19. The number of hydrogen-bond acceptors (Lipinski definition) is 3. The molecule has 0 fully saturated rings. The van der Waals surface area contributed by atoms with E-state index in [1.165, 1.54) is 0 Å². The summed E-state index contributed by atoms with van der Waals surface area (Å²) in [6, 6.07) is 5.06. The fourth-order valence-corrected chi connectivity index (χ4v) is 1.44. The van der Waals surface area contributed by atoms with Crippen LogP contribution in [0.3, 0.4) is 0 Å². The molecule has 1 amide bonds. The van der Waals surface area contributed by atoms with Crippen LogP contribution >= 0.6 is 0 Å². The smallest absolute Gasteiger partial charge is 0.253 e. The molecular weight excluding hydrogens is 216 g/mol. The molecule has 0 unspecified atom stereocenters. The molecule has 1 aromatic carbocycles. The molecule has 0 heterocycles. The van der Waals surface area contributed by atoms with Crippen molar-refractivity contribution in [1.29, 1.82) is 0 Å². The Balaban J connectivity index is 2.63. The van der Waals surface area contributed by atoms with Gasteiger partial charge in [0, 0.05) is 18.3 Å². The highest BCUT2D eigenvalue weighted by molar-refractivity contribution is 5.99.